The number of ether oxygens (including phenoxy) is 1. The lowest BCUT2D eigenvalue weighted by Crippen LogP contribution is -2.36. The molecule has 0 spiro atoms. The van der Waals surface area contributed by atoms with Gasteiger partial charge in [0.2, 0.25) is 5.91 Å². The van der Waals surface area contributed by atoms with Crippen molar-refractivity contribution in [1.29, 1.82) is 0 Å². The van der Waals surface area contributed by atoms with Gasteiger partial charge in [0.25, 0.3) is 10.0 Å². The van der Waals surface area contributed by atoms with Gasteiger partial charge in [-0.1, -0.05) is 42.5 Å². The van der Waals surface area contributed by atoms with Crippen LogP contribution in [0.25, 0.3) is 6.08 Å². The van der Waals surface area contributed by atoms with Crippen molar-refractivity contribution in [2.75, 3.05) is 13.6 Å². The summed E-state index contributed by atoms with van der Waals surface area (Å²) in [5, 5.41) is 6.93. The first kappa shape index (κ1) is 26.3. The fourth-order valence-electron chi connectivity index (χ4n) is 2.99. The molecule has 8 nitrogen and oxygen atoms in total. The smallest absolute Gasteiger partial charge is 0.341 e. The molecule has 0 fully saturated rings. The van der Waals surface area contributed by atoms with Gasteiger partial charge in [0, 0.05) is 24.5 Å². The monoisotopic (exact) mass is 531 g/mol. The van der Waals surface area contributed by atoms with Crippen LogP contribution in [0, 0.1) is 0 Å². The van der Waals surface area contributed by atoms with Crippen molar-refractivity contribution in [3.63, 3.8) is 0 Å². The van der Waals surface area contributed by atoms with Crippen LogP contribution < -0.4 is 15.4 Å². The Kier molecular flexibility index (Phi) is 9.35. The molecule has 0 unspecified atom stereocenters. The zero-order chi connectivity index (χ0) is 25.3. The number of urea groups is 1. The predicted octanol–water partition coefficient (Wildman–Crippen LogP) is 3.87. The summed E-state index contributed by atoms with van der Waals surface area (Å²) in [6.45, 7) is 0.430. The van der Waals surface area contributed by atoms with Crippen molar-refractivity contribution in [1.82, 2.24) is 14.3 Å². The summed E-state index contributed by atoms with van der Waals surface area (Å²) >= 11 is 5.40. The van der Waals surface area contributed by atoms with E-state index in [0.29, 0.717) is 15.7 Å². The van der Waals surface area contributed by atoms with Gasteiger partial charge >= 0.3 is 6.03 Å². The number of rotatable bonds is 10. The molecule has 3 rings (SSSR count). The zero-order valence-corrected chi connectivity index (χ0v) is 21.4. The van der Waals surface area contributed by atoms with Crippen LogP contribution in [0.1, 0.15) is 16.0 Å². The Morgan fingerprint density at radius 3 is 2.54 bits per heavy atom. The summed E-state index contributed by atoms with van der Waals surface area (Å²) in [5.41, 5.74) is 1.49. The van der Waals surface area contributed by atoms with E-state index < -0.39 is 16.1 Å². The third-order valence-electron chi connectivity index (χ3n) is 4.79. The quantitative estimate of drug-likeness (QED) is 0.272. The SMILES string of the molecule is CNC(=O)N(S)S(=O)(=O)c1cc(CCNC(=O)C=Cc2cccs2)ccc1OCc1ccccc1. The van der Waals surface area contributed by atoms with Crippen LogP contribution >= 0.6 is 24.2 Å². The number of nitrogens with one attached hydrogen (secondary N) is 2. The fourth-order valence-corrected chi connectivity index (χ4v) is 5.15. The van der Waals surface area contributed by atoms with Crippen molar-refractivity contribution in [2.24, 2.45) is 0 Å². The molecule has 0 saturated carbocycles. The van der Waals surface area contributed by atoms with Gasteiger partial charge in [-0.15, -0.1) is 11.3 Å². The van der Waals surface area contributed by atoms with Crippen LogP contribution in [0.4, 0.5) is 4.79 Å². The number of thiophene rings is 1. The Hall–Kier alpha value is -3.28. The molecular formula is C24H25N3O5S3. The summed E-state index contributed by atoms with van der Waals surface area (Å²) < 4.78 is 32.4. The number of hydrogen-bond donors (Lipinski definition) is 3. The van der Waals surface area contributed by atoms with E-state index >= 15 is 0 Å². The first-order valence-electron chi connectivity index (χ1n) is 10.6. The van der Waals surface area contributed by atoms with Crippen molar-refractivity contribution >= 4 is 52.2 Å². The highest BCUT2D eigenvalue weighted by atomic mass is 32.3. The first-order chi connectivity index (χ1) is 16.8. The highest BCUT2D eigenvalue weighted by Crippen LogP contribution is 2.30. The zero-order valence-electron chi connectivity index (χ0n) is 18.9. The Balaban J connectivity index is 1.75. The van der Waals surface area contributed by atoms with Crippen LogP contribution in [-0.4, -0.2) is 37.7 Å². The molecule has 3 aromatic rings. The van der Waals surface area contributed by atoms with Gasteiger partial charge in [-0.3, -0.25) is 4.79 Å². The molecule has 0 aliphatic heterocycles. The van der Waals surface area contributed by atoms with Gasteiger partial charge in [0.05, 0.1) is 0 Å². The number of nitrogens with zero attached hydrogens (tertiary/aromatic N) is 1. The van der Waals surface area contributed by atoms with Gasteiger partial charge in [0.15, 0.2) is 0 Å². The van der Waals surface area contributed by atoms with Crippen molar-refractivity contribution in [2.45, 2.75) is 17.9 Å². The van der Waals surface area contributed by atoms with Crippen LogP contribution in [-0.2, 0) is 27.8 Å². The lowest BCUT2D eigenvalue weighted by molar-refractivity contribution is -0.116. The second-order valence-corrected chi connectivity index (χ2v) is 10.7. The molecule has 0 aliphatic rings. The maximum absolute atomic E-state index is 13.1. The van der Waals surface area contributed by atoms with Crippen LogP contribution in [0.15, 0.2) is 77.0 Å². The molecule has 1 heterocycles. The van der Waals surface area contributed by atoms with Crippen molar-refractivity contribution < 1.29 is 22.7 Å². The van der Waals surface area contributed by atoms with Crippen LogP contribution in [0.2, 0.25) is 0 Å². The van der Waals surface area contributed by atoms with Crippen molar-refractivity contribution in [3.8, 4) is 5.75 Å². The molecule has 35 heavy (non-hydrogen) atoms. The number of thiol groups is 1. The van der Waals surface area contributed by atoms with Gasteiger partial charge in [-0.2, -0.15) is 12.1 Å². The van der Waals surface area contributed by atoms with E-state index in [2.05, 4.69) is 23.4 Å². The predicted molar refractivity (Wildman–Crippen MR) is 140 cm³/mol. The third-order valence-corrected chi connectivity index (χ3v) is 7.95. The second-order valence-electron chi connectivity index (χ2n) is 7.25. The maximum atomic E-state index is 13.1. The number of carbonyl (C=O) groups excluding carboxylic acids is 2. The molecule has 0 bridgehead atoms. The summed E-state index contributed by atoms with van der Waals surface area (Å²) in [7, 11) is -3.01. The van der Waals surface area contributed by atoms with Gasteiger partial charge in [-0.25, -0.2) is 4.79 Å². The number of hydrogen-bond acceptors (Lipinski definition) is 7. The lowest BCUT2D eigenvalue weighted by atomic mass is 10.1. The highest BCUT2D eigenvalue weighted by molar-refractivity contribution is 8.00. The number of sulfonamides is 1. The van der Waals surface area contributed by atoms with E-state index in [1.165, 1.54) is 36.6 Å². The molecule has 3 amide bonds. The third kappa shape index (κ3) is 7.35. The number of benzene rings is 2. The fraction of sp³-hybridized carbons (Fsp3) is 0.167. The normalized spacial score (nSPS) is 11.3. The molecular weight excluding hydrogens is 506 g/mol. The van der Waals surface area contributed by atoms with E-state index in [1.807, 2.05) is 47.8 Å². The average Bonchev–Trinajstić information content (AvgIpc) is 3.40. The van der Waals surface area contributed by atoms with E-state index in [9.17, 15) is 18.0 Å². The molecule has 0 aliphatic carbocycles. The molecule has 0 saturated heterocycles. The van der Waals surface area contributed by atoms with Gasteiger partial charge in [0.1, 0.15) is 17.3 Å². The lowest BCUT2D eigenvalue weighted by Gasteiger charge is -2.19. The maximum Gasteiger partial charge on any atom is 0.341 e. The summed E-state index contributed by atoms with van der Waals surface area (Å²) in [6, 6.07) is 16.9. The van der Waals surface area contributed by atoms with Gasteiger partial charge in [-0.05, 0) is 60.0 Å². The van der Waals surface area contributed by atoms with E-state index in [0.717, 1.165) is 10.4 Å². The van der Waals surface area contributed by atoms with E-state index in [1.54, 1.807) is 12.1 Å². The van der Waals surface area contributed by atoms with Crippen LogP contribution in [0.3, 0.4) is 0 Å². The largest absolute Gasteiger partial charge is 0.487 e. The Bertz CT molecular complexity index is 1280. The van der Waals surface area contributed by atoms with Gasteiger partial charge < -0.3 is 15.4 Å². The molecule has 2 aromatic carbocycles. The molecule has 184 valence electrons. The Morgan fingerprint density at radius 1 is 1.09 bits per heavy atom. The second kappa shape index (κ2) is 12.4. The standard InChI is InChI=1S/C24H25N3O5S3/c1-25-24(29)27(33)35(30,31)22-16-18(9-11-21(22)32-17-19-6-3-2-4-7-19)13-14-26-23(28)12-10-20-8-5-15-34-20/h2-12,15-16,33H,13-14,17H2,1H3,(H,25,29)(H,26,28). The van der Waals surface area contributed by atoms with Crippen LogP contribution in [0.5, 0.6) is 5.75 Å². The molecule has 0 radical (unpaired) electrons. The minimum atomic E-state index is -4.32. The topological polar surface area (TPSA) is 105 Å². The summed E-state index contributed by atoms with van der Waals surface area (Å²) in [6.07, 6.45) is 3.54. The molecule has 0 atom stereocenters. The molecule has 2 N–H and O–H groups in total. The minimum Gasteiger partial charge on any atom is -0.487 e. The molecule has 11 heteroatoms. The molecule has 1 aromatic heterocycles. The Morgan fingerprint density at radius 2 is 1.86 bits per heavy atom. The van der Waals surface area contributed by atoms with E-state index in [4.69, 9.17) is 4.74 Å². The Labute approximate surface area is 214 Å². The highest BCUT2D eigenvalue weighted by Gasteiger charge is 2.30. The minimum absolute atomic E-state index is 0.0865. The number of amides is 3. The number of carbonyl (C=O) groups is 2. The van der Waals surface area contributed by atoms with Crippen molar-refractivity contribution in [3.05, 3.63) is 88.1 Å². The summed E-state index contributed by atoms with van der Waals surface area (Å²) in [4.78, 5) is 24.8. The summed E-state index contributed by atoms with van der Waals surface area (Å²) in [5.74, 6) is -0.168. The first-order valence-corrected chi connectivity index (χ1v) is 13.3. The average molecular weight is 532 g/mol. The van der Waals surface area contributed by atoms with E-state index in [-0.39, 0.29) is 29.7 Å².